The predicted molar refractivity (Wildman–Crippen MR) is 92.6 cm³/mol. The monoisotopic (exact) mass is 365 g/mol. The standard InChI is InChI=1S/C17H11N5O5/c18-8-11-6-12(22(25)26)3-4-13(11)20-16(23)9-21-10-19-14(7-17(21)24)15-2-1-5-27-15/h1-7,10H,9H2,(H,20,23). The highest BCUT2D eigenvalue weighted by Gasteiger charge is 2.14. The molecule has 0 radical (unpaired) electrons. The lowest BCUT2D eigenvalue weighted by atomic mass is 10.1. The first-order valence-electron chi connectivity index (χ1n) is 7.56. The van der Waals surface area contributed by atoms with E-state index in [2.05, 4.69) is 10.3 Å². The van der Waals surface area contributed by atoms with Crippen LogP contribution in [0.4, 0.5) is 11.4 Å². The Balaban J connectivity index is 1.76. The third-order valence-electron chi connectivity index (χ3n) is 3.58. The maximum absolute atomic E-state index is 12.2. The summed E-state index contributed by atoms with van der Waals surface area (Å²) >= 11 is 0. The van der Waals surface area contributed by atoms with Crippen LogP contribution in [0.5, 0.6) is 0 Å². The summed E-state index contributed by atoms with van der Waals surface area (Å²) in [6, 6.07) is 9.81. The lowest BCUT2D eigenvalue weighted by Crippen LogP contribution is -2.27. The Morgan fingerprint density at radius 2 is 2.19 bits per heavy atom. The van der Waals surface area contributed by atoms with Crippen LogP contribution in [-0.4, -0.2) is 20.4 Å². The molecule has 0 atom stereocenters. The van der Waals surface area contributed by atoms with Crippen molar-refractivity contribution in [1.29, 1.82) is 5.26 Å². The van der Waals surface area contributed by atoms with Crippen molar-refractivity contribution in [3.05, 3.63) is 75.0 Å². The van der Waals surface area contributed by atoms with Crippen molar-refractivity contribution in [3.8, 4) is 17.5 Å². The molecule has 0 fully saturated rings. The molecule has 0 saturated carbocycles. The molecule has 0 bridgehead atoms. The zero-order chi connectivity index (χ0) is 19.4. The van der Waals surface area contributed by atoms with E-state index in [9.17, 15) is 19.7 Å². The van der Waals surface area contributed by atoms with Crippen LogP contribution in [0.2, 0.25) is 0 Å². The predicted octanol–water partition coefficient (Wildman–Crippen LogP) is 1.92. The van der Waals surface area contributed by atoms with Crippen molar-refractivity contribution in [1.82, 2.24) is 9.55 Å². The maximum atomic E-state index is 12.2. The SMILES string of the molecule is N#Cc1cc([N+](=O)[O-])ccc1NC(=O)Cn1cnc(-c2ccco2)cc1=O. The molecular formula is C17H11N5O5. The number of amides is 1. The second-order valence-corrected chi connectivity index (χ2v) is 5.36. The van der Waals surface area contributed by atoms with Crippen LogP contribution < -0.4 is 10.9 Å². The van der Waals surface area contributed by atoms with Crippen molar-refractivity contribution in [2.24, 2.45) is 0 Å². The Labute approximate surface area is 151 Å². The number of rotatable bonds is 5. The molecule has 0 aliphatic heterocycles. The number of nitro benzene ring substituents is 1. The Morgan fingerprint density at radius 3 is 2.81 bits per heavy atom. The van der Waals surface area contributed by atoms with Crippen LogP contribution in [0.15, 0.2) is 58.2 Å². The summed E-state index contributed by atoms with van der Waals surface area (Å²) in [4.78, 5) is 38.5. The van der Waals surface area contributed by atoms with E-state index in [1.54, 1.807) is 18.2 Å². The van der Waals surface area contributed by atoms with Gasteiger partial charge < -0.3 is 9.73 Å². The number of aromatic nitrogens is 2. The van der Waals surface area contributed by atoms with Gasteiger partial charge in [-0.3, -0.25) is 24.3 Å². The average molecular weight is 365 g/mol. The van der Waals surface area contributed by atoms with Gasteiger partial charge in [-0.15, -0.1) is 0 Å². The Bertz CT molecular complexity index is 1110. The first kappa shape index (κ1) is 17.6. The van der Waals surface area contributed by atoms with Gasteiger partial charge in [0.15, 0.2) is 5.76 Å². The number of anilines is 1. The van der Waals surface area contributed by atoms with Gasteiger partial charge in [0.2, 0.25) is 5.91 Å². The quantitative estimate of drug-likeness (QED) is 0.537. The van der Waals surface area contributed by atoms with Crippen LogP contribution in [0.1, 0.15) is 5.56 Å². The second-order valence-electron chi connectivity index (χ2n) is 5.36. The molecule has 1 N–H and O–H groups in total. The molecule has 2 heterocycles. The first-order valence-corrected chi connectivity index (χ1v) is 7.56. The highest BCUT2D eigenvalue weighted by molar-refractivity contribution is 5.92. The summed E-state index contributed by atoms with van der Waals surface area (Å²) < 4.78 is 6.24. The van der Waals surface area contributed by atoms with Crippen molar-refractivity contribution >= 4 is 17.3 Å². The molecule has 0 unspecified atom stereocenters. The van der Waals surface area contributed by atoms with Gasteiger partial charge in [0.1, 0.15) is 18.3 Å². The number of nitriles is 1. The van der Waals surface area contributed by atoms with E-state index in [0.29, 0.717) is 11.5 Å². The van der Waals surface area contributed by atoms with E-state index in [1.807, 2.05) is 0 Å². The largest absolute Gasteiger partial charge is 0.463 e. The number of hydrogen-bond donors (Lipinski definition) is 1. The first-order chi connectivity index (χ1) is 13.0. The minimum atomic E-state index is -0.641. The number of hydrogen-bond acceptors (Lipinski definition) is 7. The van der Waals surface area contributed by atoms with E-state index in [0.717, 1.165) is 10.6 Å². The Morgan fingerprint density at radius 1 is 1.37 bits per heavy atom. The summed E-state index contributed by atoms with van der Waals surface area (Å²) in [5.74, 6) is -0.164. The molecule has 0 aliphatic rings. The molecule has 1 amide bonds. The summed E-state index contributed by atoms with van der Waals surface area (Å²) in [5.41, 5.74) is -0.337. The molecule has 3 rings (SSSR count). The molecule has 10 nitrogen and oxygen atoms in total. The van der Waals surface area contributed by atoms with Crippen LogP contribution in [0.25, 0.3) is 11.5 Å². The van der Waals surface area contributed by atoms with Crippen LogP contribution in [0, 0.1) is 21.4 Å². The van der Waals surface area contributed by atoms with Gasteiger partial charge in [0.05, 0.1) is 28.8 Å². The van der Waals surface area contributed by atoms with E-state index in [4.69, 9.17) is 9.68 Å². The Hall–Kier alpha value is -4.26. The van der Waals surface area contributed by atoms with Crippen LogP contribution >= 0.6 is 0 Å². The smallest absolute Gasteiger partial charge is 0.270 e. The lowest BCUT2D eigenvalue weighted by Gasteiger charge is -2.08. The molecule has 0 aliphatic carbocycles. The van der Waals surface area contributed by atoms with Gasteiger partial charge in [-0.2, -0.15) is 5.26 Å². The topological polar surface area (TPSA) is 144 Å². The fraction of sp³-hybridized carbons (Fsp3) is 0.0588. The number of nitro groups is 1. The fourth-order valence-corrected chi connectivity index (χ4v) is 2.30. The molecule has 1 aromatic carbocycles. The molecule has 27 heavy (non-hydrogen) atoms. The normalized spacial score (nSPS) is 10.2. The number of nitrogens with zero attached hydrogens (tertiary/aromatic N) is 4. The highest BCUT2D eigenvalue weighted by Crippen LogP contribution is 2.21. The molecule has 10 heteroatoms. The maximum Gasteiger partial charge on any atom is 0.270 e. The van der Waals surface area contributed by atoms with Gasteiger partial charge >= 0.3 is 0 Å². The summed E-state index contributed by atoms with van der Waals surface area (Å²) in [6.07, 6.45) is 2.66. The second kappa shape index (κ2) is 7.32. The van der Waals surface area contributed by atoms with Crippen LogP contribution in [0.3, 0.4) is 0 Å². The number of non-ortho nitro benzene ring substituents is 1. The number of carbonyl (C=O) groups is 1. The zero-order valence-electron chi connectivity index (χ0n) is 13.7. The van der Waals surface area contributed by atoms with Gasteiger partial charge in [0.25, 0.3) is 11.2 Å². The molecular weight excluding hydrogens is 354 g/mol. The fourth-order valence-electron chi connectivity index (χ4n) is 2.30. The van der Waals surface area contributed by atoms with Gasteiger partial charge in [0, 0.05) is 18.2 Å². The zero-order valence-corrected chi connectivity index (χ0v) is 13.7. The number of carbonyl (C=O) groups excluding carboxylic acids is 1. The highest BCUT2D eigenvalue weighted by atomic mass is 16.6. The summed E-state index contributed by atoms with van der Waals surface area (Å²) in [7, 11) is 0. The lowest BCUT2D eigenvalue weighted by molar-refractivity contribution is -0.384. The molecule has 2 aromatic heterocycles. The van der Waals surface area contributed by atoms with Gasteiger partial charge in [-0.1, -0.05) is 0 Å². The van der Waals surface area contributed by atoms with Crippen molar-refractivity contribution < 1.29 is 14.1 Å². The Kier molecular flexibility index (Phi) is 4.76. The van der Waals surface area contributed by atoms with Gasteiger partial charge in [-0.05, 0) is 18.2 Å². The molecule has 0 saturated heterocycles. The number of benzene rings is 1. The number of nitrogens with one attached hydrogen (secondary N) is 1. The molecule has 3 aromatic rings. The number of furan rings is 1. The molecule has 0 spiro atoms. The van der Waals surface area contributed by atoms with Crippen molar-refractivity contribution in [2.45, 2.75) is 6.54 Å². The van der Waals surface area contributed by atoms with Crippen molar-refractivity contribution in [2.75, 3.05) is 5.32 Å². The third-order valence-corrected chi connectivity index (χ3v) is 3.58. The summed E-state index contributed by atoms with van der Waals surface area (Å²) in [6.45, 7) is -0.341. The minimum absolute atomic E-state index is 0.0591. The summed E-state index contributed by atoms with van der Waals surface area (Å²) in [5, 5.41) is 22.3. The minimum Gasteiger partial charge on any atom is -0.463 e. The third kappa shape index (κ3) is 3.88. The van der Waals surface area contributed by atoms with E-state index >= 15 is 0 Å². The molecule has 134 valence electrons. The van der Waals surface area contributed by atoms with E-state index < -0.39 is 16.4 Å². The van der Waals surface area contributed by atoms with E-state index in [1.165, 1.54) is 30.8 Å². The van der Waals surface area contributed by atoms with Crippen molar-refractivity contribution in [3.63, 3.8) is 0 Å². The van der Waals surface area contributed by atoms with Crippen LogP contribution in [-0.2, 0) is 11.3 Å². The van der Waals surface area contributed by atoms with E-state index in [-0.39, 0.29) is 23.5 Å². The van der Waals surface area contributed by atoms with Gasteiger partial charge in [-0.25, -0.2) is 4.98 Å². The average Bonchev–Trinajstić information content (AvgIpc) is 3.18.